The van der Waals surface area contributed by atoms with E-state index in [0.717, 1.165) is 16.3 Å². The van der Waals surface area contributed by atoms with Gasteiger partial charge in [0, 0.05) is 34.3 Å². The molecule has 10 heteroatoms. The topological polar surface area (TPSA) is 100 Å². The van der Waals surface area contributed by atoms with Crippen LogP contribution in [-0.2, 0) is 15.3 Å². The van der Waals surface area contributed by atoms with Gasteiger partial charge in [-0.3, -0.25) is 19.7 Å². The second-order valence-corrected chi connectivity index (χ2v) is 9.98. The fourth-order valence-corrected chi connectivity index (χ4v) is 5.15. The van der Waals surface area contributed by atoms with Crippen molar-refractivity contribution in [3.05, 3.63) is 65.2 Å². The molecular formula is C23H24N4O3S3. The lowest BCUT2D eigenvalue weighted by Crippen LogP contribution is -2.14. The molecule has 0 spiro atoms. The van der Waals surface area contributed by atoms with Gasteiger partial charge in [0.1, 0.15) is 0 Å². The fraction of sp³-hybridized carbons (Fsp3) is 0.217. The molecular weight excluding hydrogens is 476 g/mol. The average Bonchev–Trinajstić information content (AvgIpc) is 3.22. The zero-order valence-corrected chi connectivity index (χ0v) is 20.7. The monoisotopic (exact) mass is 500 g/mol. The van der Waals surface area contributed by atoms with E-state index in [-0.39, 0.29) is 23.5 Å². The van der Waals surface area contributed by atoms with Crippen LogP contribution in [-0.4, -0.2) is 34.2 Å². The van der Waals surface area contributed by atoms with Crippen molar-refractivity contribution in [2.45, 2.75) is 24.5 Å². The van der Waals surface area contributed by atoms with Crippen molar-refractivity contribution >= 4 is 69.1 Å². The Bertz CT molecular complexity index is 1120. The van der Waals surface area contributed by atoms with Crippen LogP contribution in [0.2, 0.25) is 0 Å². The summed E-state index contributed by atoms with van der Waals surface area (Å²) in [5, 5.41) is 10.8. The Kier molecular flexibility index (Phi) is 9.35. The molecule has 172 valence electrons. The molecule has 3 aromatic rings. The highest BCUT2D eigenvalue weighted by Gasteiger charge is 2.13. The number of hydrogen-bond donors (Lipinski definition) is 3. The summed E-state index contributed by atoms with van der Waals surface area (Å²) < 4.78 is 0. The number of aromatic nitrogens is 1. The number of rotatable bonds is 10. The number of nitrogens with one attached hydrogen (secondary N) is 3. The SMILES string of the molecule is CCSc1ccccc1C(=O)Nc1nc(CSCC(=O)Nc2ccc(NC(C)=O)cc2)cs1. The van der Waals surface area contributed by atoms with E-state index in [9.17, 15) is 14.4 Å². The van der Waals surface area contributed by atoms with Crippen LogP contribution < -0.4 is 16.0 Å². The van der Waals surface area contributed by atoms with Crippen LogP contribution >= 0.6 is 34.9 Å². The Morgan fingerprint density at radius 2 is 1.67 bits per heavy atom. The van der Waals surface area contributed by atoms with Crippen molar-refractivity contribution in [3.63, 3.8) is 0 Å². The van der Waals surface area contributed by atoms with Crippen molar-refractivity contribution in [1.29, 1.82) is 0 Å². The maximum absolute atomic E-state index is 12.6. The average molecular weight is 501 g/mol. The smallest absolute Gasteiger partial charge is 0.258 e. The Balaban J connectivity index is 1.45. The number of thiazole rings is 1. The molecule has 0 fully saturated rings. The van der Waals surface area contributed by atoms with Gasteiger partial charge in [-0.2, -0.15) is 0 Å². The molecule has 1 aromatic heterocycles. The second kappa shape index (κ2) is 12.4. The van der Waals surface area contributed by atoms with E-state index in [4.69, 9.17) is 0 Å². The quantitative estimate of drug-likeness (QED) is 0.325. The summed E-state index contributed by atoms with van der Waals surface area (Å²) in [5.74, 6) is 1.27. The molecule has 7 nitrogen and oxygen atoms in total. The van der Waals surface area contributed by atoms with Gasteiger partial charge >= 0.3 is 0 Å². The molecule has 0 bridgehead atoms. The highest BCUT2D eigenvalue weighted by atomic mass is 32.2. The number of carbonyl (C=O) groups excluding carboxylic acids is 3. The van der Waals surface area contributed by atoms with Gasteiger partial charge in [-0.15, -0.1) is 34.9 Å². The van der Waals surface area contributed by atoms with Gasteiger partial charge in [-0.1, -0.05) is 19.1 Å². The molecule has 3 N–H and O–H groups in total. The Morgan fingerprint density at radius 3 is 2.36 bits per heavy atom. The molecule has 0 atom stereocenters. The first-order valence-electron chi connectivity index (χ1n) is 10.2. The molecule has 1 heterocycles. The Labute approximate surface area is 205 Å². The second-order valence-electron chi connectivity index (χ2n) is 6.83. The number of carbonyl (C=O) groups is 3. The third-order valence-corrected chi connectivity index (χ3v) is 6.90. The molecule has 33 heavy (non-hydrogen) atoms. The van der Waals surface area contributed by atoms with Gasteiger partial charge < -0.3 is 10.6 Å². The number of anilines is 3. The van der Waals surface area contributed by atoms with Crippen LogP contribution in [0.1, 0.15) is 29.9 Å². The number of hydrogen-bond acceptors (Lipinski definition) is 7. The number of benzene rings is 2. The van der Waals surface area contributed by atoms with Crippen molar-refractivity contribution < 1.29 is 14.4 Å². The van der Waals surface area contributed by atoms with E-state index in [1.54, 1.807) is 36.0 Å². The van der Waals surface area contributed by atoms with Gasteiger partial charge in [0.05, 0.1) is 17.0 Å². The molecule has 0 aliphatic rings. The van der Waals surface area contributed by atoms with Crippen LogP contribution in [0, 0.1) is 0 Å². The maximum atomic E-state index is 12.6. The highest BCUT2D eigenvalue weighted by molar-refractivity contribution is 7.99. The van der Waals surface area contributed by atoms with Gasteiger partial charge in [-0.05, 0) is 42.2 Å². The van der Waals surface area contributed by atoms with Crippen molar-refractivity contribution in [2.24, 2.45) is 0 Å². The van der Waals surface area contributed by atoms with Crippen LogP contribution in [0.25, 0.3) is 0 Å². The Morgan fingerprint density at radius 1 is 0.970 bits per heavy atom. The van der Waals surface area contributed by atoms with E-state index >= 15 is 0 Å². The van der Waals surface area contributed by atoms with Crippen LogP contribution in [0.3, 0.4) is 0 Å². The van der Waals surface area contributed by atoms with Crippen LogP contribution in [0.15, 0.2) is 58.8 Å². The first-order chi connectivity index (χ1) is 15.9. The minimum atomic E-state index is -0.177. The summed E-state index contributed by atoms with van der Waals surface area (Å²) >= 11 is 4.43. The molecule has 3 amide bonds. The largest absolute Gasteiger partial charge is 0.326 e. The Hall–Kier alpha value is -2.82. The van der Waals surface area contributed by atoms with E-state index in [1.165, 1.54) is 30.0 Å². The zero-order valence-electron chi connectivity index (χ0n) is 18.2. The van der Waals surface area contributed by atoms with Gasteiger partial charge in [0.2, 0.25) is 11.8 Å². The molecule has 2 aromatic carbocycles. The normalized spacial score (nSPS) is 10.5. The number of thioether (sulfide) groups is 2. The number of amides is 3. The molecule has 0 saturated heterocycles. The summed E-state index contributed by atoms with van der Waals surface area (Å²) in [5.41, 5.74) is 2.78. The van der Waals surface area contributed by atoms with E-state index in [0.29, 0.717) is 27.8 Å². The molecule has 0 radical (unpaired) electrons. The summed E-state index contributed by atoms with van der Waals surface area (Å²) in [7, 11) is 0. The highest BCUT2D eigenvalue weighted by Crippen LogP contribution is 2.25. The third kappa shape index (κ3) is 7.92. The van der Waals surface area contributed by atoms with Crippen LogP contribution in [0.4, 0.5) is 16.5 Å². The lowest BCUT2D eigenvalue weighted by Gasteiger charge is -2.07. The molecule has 3 rings (SSSR count). The predicted octanol–water partition coefficient (Wildman–Crippen LogP) is 5.34. The molecule has 0 aliphatic heterocycles. The van der Waals surface area contributed by atoms with E-state index in [2.05, 4.69) is 20.9 Å². The van der Waals surface area contributed by atoms with Crippen molar-refractivity contribution in [1.82, 2.24) is 4.98 Å². The lowest BCUT2D eigenvalue weighted by molar-refractivity contribution is -0.114. The molecule has 0 aliphatic carbocycles. The minimum Gasteiger partial charge on any atom is -0.326 e. The van der Waals surface area contributed by atoms with E-state index in [1.807, 2.05) is 36.6 Å². The fourth-order valence-electron chi connectivity index (χ4n) is 2.82. The summed E-state index contributed by atoms with van der Waals surface area (Å²) in [6.07, 6.45) is 0. The maximum Gasteiger partial charge on any atom is 0.258 e. The van der Waals surface area contributed by atoms with Gasteiger partial charge in [-0.25, -0.2) is 4.98 Å². The lowest BCUT2D eigenvalue weighted by atomic mass is 10.2. The van der Waals surface area contributed by atoms with E-state index < -0.39 is 0 Å². The summed E-state index contributed by atoms with van der Waals surface area (Å²) in [4.78, 5) is 41.3. The summed E-state index contributed by atoms with van der Waals surface area (Å²) in [6, 6.07) is 14.5. The van der Waals surface area contributed by atoms with Crippen molar-refractivity contribution in [2.75, 3.05) is 27.5 Å². The predicted molar refractivity (Wildman–Crippen MR) is 138 cm³/mol. The molecule has 0 unspecified atom stereocenters. The standard InChI is InChI=1S/C23H24N4O3S3/c1-3-32-20-7-5-4-6-19(20)22(30)27-23-26-18(13-33-23)12-31-14-21(29)25-17-10-8-16(9-11-17)24-15(2)28/h4-11,13H,3,12,14H2,1-2H3,(H,24,28)(H,25,29)(H,26,27,30). The summed E-state index contributed by atoms with van der Waals surface area (Å²) in [6.45, 7) is 3.49. The van der Waals surface area contributed by atoms with Gasteiger partial charge in [0.15, 0.2) is 5.13 Å². The zero-order chi connectivity index (χ0) is 23.6. The third-order valence-electron chi connectivity index (χ3n) is 4.18. The first-order valence-corrected chi connectivity index (χ1v) is 13.2. The minimum absolute atomic E-state index is 0.124. The van der Waals surface area contributed by atoms with Gasteiger partial charge in [0.25, 0.3) is 5.91 Å². The first kappa shape index (κ1) is 24.8. The van der Waals surface area contributed by atoms with Crippen LogP contribution in [0.5, 0.6) is 0 Å². The molecule has 0 saturated carbocycles. The van der Waals surface area contributed by atoms with Crippen molar-refractivity contribution in [3.8, 4) is 0 Å². The number of nitrogens with zero attached hydrogens (tertiary/aromatic N) is 1.